The first-order valence-corrected chi connectivity index (χ1v) is 7.34. The van der Waals surface area contributed by atoms with Crippen LogP contribution in [-0.2, 0) is 0 Å². The number of aromatic nitrogens is 2. The maximum Gasteiger partial charge on any atom is 0.173 e. The zero-order valence-electron chi connectivity index (χ0n) is 10.6. The SMILES string of the molecule is Cc1cc(C)c(C(=O)CSc2ncns2)c(C)c1. The van der Waals surface area contributed by atoms with E-state index in [1.807, 2.05) is 20.8 Å². The summed E-state index contributed by atoms with van der Waals surface area (Å²) in [7, 11) is 0. The van der Waals surface area contributed by atoms with Crippen molar-refractivity contribution in [3.8, 4) is 0 Å². The van der Waals surface area contributed by atoms with Crippen LogP contribution in [0.15, 0.2) is 22.8 Å². The number of hydrogen-bond donors (Lipinski definition) is 0. The lowest BCUT2D eigenvalue weighted by Gasteiger charge is -2.09. The second kappa shape index (κ2) is 5.63. The van der Waals surface area contributed by atoms with E-state index in [2.05, 4.69) is 21.5 Å². The molecule has 1 heterocycles. The van der Waals surface area contributed by atoms with Crippen molar-refractivity contribution in [2.45, 2.75) is 25.1 Å². The molecule has 0 saturated heterocycles. The van der Waals surface area contributed by atoms with Crippen molar-refractivity contribution in [1.29, 1.82) is 0 Å². The highest BCUT2D eigenvalue weighted by Crippen LogP contribution is 2.23. The summed E-state index contributed by atoms with van der Waals surface area (Å²) in [5.41, 5.74) is 4.14. The largest absolute Gasteiger partial charge is 0.293 e. The summed E-state index contributed by atoms with van der Waals surface area (Å²) in [6.07, 6.45) is 1.51. The fourth-order valence-electron chi connectivity index (χ4n) is 2.05. The number of Topliss-reactive ketones (excluding diaryl/α,β-unsaturated/α-hetero) is 1. The summed E-state index contributed by atoms with van der Waals surface area (Å²) >= 11 is 2.77. The molecule has 0 fully saturated rings. The fourth-order valence-corrected chi connectivity index (χ4v) is 3.36. The molecule has 0 spiro atoms. The highest BCUT2D eigenvalue weighted by molar-refractivity contribution is 8.01. The maximum atomic E-state index is 12.2. The maximum absolute atomic E-state index is 12.2. The molecule has 94 valence electrons. The van der Waals surface area contributed by atoms with Gasteiger partial charge in [0.1, 0.15) is 6.33 Å². The number of hydrogen-bond acceptors (Lipinski definition) is 5. The quantitative estimate of drug-likeness (QED) is 0.634. The third kappa shape index (κ3) is 2.97. The van der Waals surface area contributed by atoms with E-state index in [0.717, 1.165) is 21.0 Å². The van der Waals surface area contributed by atoms with Gasteiger partial charge in [-0.05, 0) is 43.4 Å². The van der Waals surface area contributed by atoms with Crippen LogP contribution in [0.1, 0.15) is 27.0 Å². The lowest BCUT2D eigenvalue weighted by molar-refractivity contribution is 0.102. The Morgan fingerprint density at radius 2 is 1.94 bits per heavy atom. The first-order chi connectivity index (χ1) is 8.58. The van der Waals surface area contributed by atoms with Gasteiger partial charge >= 0.3 is 0 Å². The predicted octanol–water partition coefficient (Wildman–Crippen LogP) is 3.44. The molecule has 5 heteroatoms. The molecule has 0 N–H and O–H groups in total. The molecule has 0 bridgehead atoms. The van der Waals surface area contributed by atoms with Gasteiger partial charge in [-0.15, -0.1) is 0 Å². The number of aryl methyl sites for hydroxylation is 3. The van der Waals surface area contributed by atoms with Crippen molar-refractivity contribution >= 4 is 29.1 Å². The van der Waals surface area contributed by atoms with E-state index in [0.29, 0.717) is 5.75 Å². The van der Waals surface area contributed by atoms with E-state index in [-0.39, 0.29) is 5.78 Å². The van der Waals surface area contributed by atoms with Crippen molar-refractivity contribution in [3.63, 3.8) is 0 Å². The van der Waals surface area contributed by atoms with Gasteiger partial charge in [0, 0.05) is 5.56 Å². The van der Waals surface area contributed by atoms with Crippen LogP contribution in [0.25, 0.3) is 0 Å². The molecule has 0 aliphatic heterocycles. The lowest BCUT2D eigenvalue weighted by atomic mass is 9.97. The second-order valence-electron chi connectivity index (χ2n) is 4.19. The van der Waals surface area contributed by atoms with Crippen LogP contribution >= 0.6 is 23.3 Å². The van der Waals surface area contributed by atoms with Gasteiger partial charge in [-0.1, -0.05) is 29.5 Å². The summed E-state index contributed by atoms with van der Waals surface area (Å²) in [5, 5.41) is 0. The summed E-state index contributed by atoms with van der Waals surface area (Å²) in [6.45, 7) is 6.02. The van der Waals surface area contributed by atoms with Crippen LogP contribution in [0.4, 0.5) is 0 Å². The van der Waals surface area contributed by atoms with E-state index in [9.17, 15) is 4.79 Å². The number of rotatable bonds is 4. The summed E-state index contributed by atoms with van der Waals surface area (Å²) < 4.78 is 4.76. The topological polar surface area (TPSA) is 42.9 Å². The van der Waals surface area contributed by atoms with E-state index in [1.165, 1.54) is 35.2 Å². The van der Waals surface area contributed by atoms with E-state index >= 15 is 0 Å². The van der Waals surface area contributed by atoms with Crippen LogP contribution in [0.2, 0.25) is 0 Å². The molecule has 0 unspecified atom stereocenters. The Balaban J connectivity index is 2.14. The summed E-state index contributed by atoms with van der Waals surface area (Å²) in [4.78, 5) is 16.3. The molecular weight excluding hydrogens is 264 g/mol. The molecular formula is C13H14N2OS2. The van der Waals surface area contributed by atoms with E-state index in [1.54, 1.807) is 0 Å². The van der Waals surface area contributed by atoms with E-state index in [4.69, 9.17) is 0 Å². The Morgan fingerprint density at radius 1 is 1.28 bits per heavy atom. The van der Waals surface area contributed by atoms with Crippen molar-refractivity contribution in [2.75, 3.05) is 5.75 Å². The molecule has 3 nitrogen and oxygen atoms in total. The third-order valence-corrected chi connectivity index (χ3v) is 4.42. The average Bonchev–Trinajstić information content (AvgIpc) is 2.77. The monoisotopic (exact) mass is 278 g/mol. The van der Waals surface area contributed by atoms with Crippen LogP contribution in [0, 0.1) is 20.8 Å². The van der Waals surface area contributed by atoms with Crippen molar-refractivity contribution in [3.05, 3.63) is 40.7 Å². The van der Waals surface area contributed by atoms with Crippen LogP contribution in [0.3, 0.4) is 0 Å². The Bertz CT molecular complexity index is 541. The van der Waals surface area contributed by atoms with Crippen molar-refractivity contribution in [2.24, 2.45) is 0 Å². The second-order valence-corrected chi connectivity index (χ2v) is 6.20. The number of thioether (sulfide) groups is 1. The molecule has 0 atom stereocenters. The number of carbonyl (C=O) groups is 1. The Labute approximate surface area is 115 Å². The van der Waals surface area contributed by atoms with Gasteiger partial charge in [0.05, 0.1) is 5.75 Å². The van der Waals surface area contributed by atoms with Crippen LogP contribution in [-0.4, -0.2) is 20.9 Å². The molecule has 0 amide bonds. The molecule has 0 radical (unpaired) electrons. The molecule has 0 saturated carbocycles. The molecule has 2 rings (SSSR count). The first-order valence-electron chi connectivity index (χ1n) is 5.58. The minimum Gasteiger partial charge on any atom is -0.293 e. The van der Waals surface area contributed by atoms with Crippen LogP contribution in [0.5, 0.6) is 0 Å². The Morgan fingerprint density at radius 3 is 2.50 bits per heavy atom. The van der Waals surface area contributed by atoms with Gasteiger partial charge < -0.3 is 0 Å². The zero-order chi connectivity index (χ0) is 13.1. The van der Waals surface area contributed by atoms with E-state index < -0.39 is 0 Å². The van der Waals surface area contributed by atoms with Gasteiger partial charge in [0.25, 0.3) is 0 Å². The molecule has 1 aromatic heterocycles. The fraction of sp³-hybridized carbons (Fsp3) is 0.308. The Kier molecular flexibility index (Phi) is 4.14. The minimum absolute atomic E-state index is 0.158. The highest BCUT2D eigenvalue weighted by atomic mass is 32.2. The normalized spacial score (nSPS) is 10.6. The number of benzene rings is 1. The average molecular weight is 278 g/mol. The van der Waals surface area contributed by atoms with Gasteiger partial charge in [-0.3, -0.25) is 4.79 Å². The lowest BCUT2D eigenvalue weighted by Crippen LogP contribution is -2.07. The first kappa shape index (κ1) is 13.2. The van der Waals surface area contributed by atoms with Gasteiger partial charge in [-0.2, -0.15) is 4.37 Å². The van der Waals surface area contributed by atoms with Gasteiger partial charge in [0.2, 0.25) is 0 Å². The van der Waals surface area contributed by atoms with Gasteiger partial charge in [-0.25, -0.2) is 4.98 Å². The third-order valence-electron chi connectivity index (χ3n) is 2.62. The van der Waals surface area contributed by atoms with Crippen molar-refractivity contribution in [1.82, 2.24) is 9.36 Å². The minimum atomic E-state index is 0.158. The van der Waals surface area contributed by atoms with Gasteiger partial charge in [0.15, 0.2) is 10.1 Å². The zero-order valence-corrected chi connectivity index (χ0v) is 12.2. The molecule has 0 aliphatic carbocycles. The van der Waals surface area contributed by atoms with Crippen LogP contribution < -0.4 is 0 Å². The number of nitrogens with zero attached hydrogens (tertiary/aromatic N) is 2. The standard InChI is InChI=1S/C13H14N2OS2/c1-8-4-9(2)12(10(3)5-8)11(16)6-17-13-14-7-15-18-13/h4-5,7H,6H2,1-3H3. The molecule has 18 heavy (non-hydrogen) atoms. The summed E-state index contributed by atoms with van der Waals surface area (Å²) in [5.74, 6) is 0.574. The smallest absolute Gasteiger partial charge is 0.173 e. The molecule has 0 aliphatic rings. The molecule has 1 aromatic carbocycles. The molecule has 2 aromatic rings. The number of carbonyl (C=O) groups excluding carboxylic acids is 1. The predicted molar refractivity (Wildman–Crippen MR) is 75.6 cm³/mol. The number of ketones is 1. The Hall–Kier alpha value is -1.20. The summed E-state index contributed by atoms with van der Waals surface area (Å²) in [6, 6.07) is 4.10. The highest BCUT2D eigenvalue weighted by Gasteiger charge is 2.13. The van der Waals surface area contributed by atoms with Crippen molar-refractivity contribution < 1.29 is 4.79 Å².